The van der Waals surface area contributed by atoms with Crippen LogP contribution in [-0.2, 0) is 6.42 Å². The average Bonchev–Trinajstić information content (AvgIpc) is 3.03. The van der Waals surface area contributed by atoms with Crippen molar-refractivity contribution in [2.45, 2.75) is 19.4 Å². The van der Waals surface area contributed by atoms with E-state index >= 15 is 0 Å². The standard InChI is InChI=1S/C16H20N4OS/c1-3-13-15(22-18-17-13)16(21)20-10-9-19(2)11-14(20)12-7-5-4-6-8-12/h4-8,14H,3,9-11H2,1-2H3/t14-/m0/s1. The van der Waals surface area contributed by atoms with Crippen LogP contribution in [0.2, 0.25) is 0 Å². The van der Waals surface area contributed by atoms with Gasteiger partial charge in [0, 0.05) is 19.6 Å². The topological polar surface area (TPSA) is 49.3 Å². The highest BCUT2D eigenvalue weighted by Crippen LogP contribution is 2.28. The maximum Gasteiger partial charge on any atom is 0.268 e. The van der Waals surface area contributed by atoms with Crippen LogP contribution in [0.15, 0.2) is 30.3 Å². The number of rotatable bonds is 3. The van der Waals surface area contributed by atoms with Gasteiger partial charge in [-0.25, -0.2) is 0 Å². The molecule has 1 fully saturated rings. The van der Waals surface area contributed by atoms with E-state index in [-0.39, 0.29) is 11.9 Å². The molecule has 2 heterocycles. The lowest BCUT2D eigenvalue weighted by Crippen LogP contribution is -2.49. The van der Waals surface area contributed by atoms with Gasteiger partial charge in [-0.1, -0.05) is 41.7 Å². The van der Waals surface area contributed by atoms with Gasteiger partial charge in [-0.05, 0) is 30.6 Å². The number of nitrogens with zero attached hydrogens (tertiary/aromatic N) is 4. The highest BCUT2D eigenvalue weighted by molar-refractivity contribution is 7.08. The van der Waals surface area contributed by atoms with Crippen molar-refractivity contribution in [3.8, 4) is 0 Å². The Morgan fingerprint density at radius 2 is 2.09 bits per heavy atom. The molecule has 5 nitrogen and oxygen atoms in total. The molecule has 0 unspecified atom stereocenters. The molecule has 0 bridgehead atoms. The molecule has 3 rings (SSSR count). The third kappa shape index (κ3) is 2.89. The summed E-state index contributed by atoms with van der Waals surface area (Å²) < 4.78 is 3.96. The number of likely N-dealkylation sites (N-methyl/N-ethyl adjacent to an activating group) is 1. The monoisotopic (exact) mass is 316 g/mol. The summed E-state index contributed by atoms with van der Waals surface area (Å²) in [6, 6.07) is 10.3. The summed E-state index contributed by atoms with van der Waals surface area (Å²) in [5.41, 5.74) is 1.98. The number of carbonyl (C=O) groups is 1. The van der Waals surface area contributed by atoms with E-state index in [0.29, 0.717) is 4.88 Å². The molecule has 6 heteroatoms. The predicted octanol–water partition coefficient (Wildman–Crippen LogP) is 2.23. The Labute approximate surface area is 134 Å². The Morgan fingerprint density at radius 3 is 2.82 bits per heavy atom. The van der Waals surface area contributed by atoms with Gasteiger partial charge in [0.25, 0.3) is 5.91 Å². The fourth-order valence-electron chi connectivity index (χ4n) is 2.86. The van der Waals surface area contributed by atoms with Crippen LogP contribution in [0.3, 0.4) is 0 Å². The second-order valence-electron chi connectivity index (χ2n) is 5.59. The zero-order chi connectivity index (χ0) is 15.5. The number of piperazine rings is 1. The largest absolute Gasteiger partial charge is 0.328 e. The molecule has 1 aromatic carbocycles. The second-order valence-corrected chi connectivity index (χ2v) is 6.34. The first-order valence-electron chi connectivity index (χ1n) is 7.56. The fraction of sp³-hybridized carbons (Fsp3) is 0.438. The van der Waals surface area contributed by atoms with E-state index in [4.69, 9.17) is 0 Å². The number of hydrogen-bond donors (Lipinski definition) is 0. The van der Waals surface area contributed by atoms with Gasteiger partial charge in [-0.15, -0.1) is 5.10 Å². The predicted molar refractivity (Wildman–Crippen MR) is 87.0 cm³/mol. The summed E-state index contributed by atoms with van der Waals surface area (Å²) in [5.74, 6) is 0.0637. The van der Waals surface area contributed by atoms with E-state index < -0.39 is 0 Å². The highest BCUT2D eigenvalue weighted by atomic mass is 32.1. The summed E-state index contributed by atoms with van der Waals surface area (Å²) in [6.07, 6.45) is 0.737. The van der Waals surface area contributed by atoms with Crippen LogP contribution < -0.4 is 0 Å². The first kappa shape index (κ1) is 15.1. The van der Waals surface area contributed by atoms with Crippen molar-refractivity contribution < 1.29 is 4.79 Å². The van der Waals surface area contributed by atoms with E-state index in [1.54, 1.807) is 0 Å². The van der Waals surface area contributed by atoms with Gasteiger partial charge in [-0.3, -0.25) is 4.79 Å². The lowest BCUT2D eigenvalue weighted by Gasteiger charge is -2.40. The molecule has 0 radical (unpaired) electrons. The van der Waals surface area contributed by atoms with E-state index in [1.165, 1.54) is 17.1 Å². The molecular weight excluding hydrogens is 296 g/mol. The summed E-state index contributed by atoms with van der Waals surface area (Å²) in [5, 5.41) is 4.07. The van der Waals surface area contributed by atoms with Crippen molar-refractivity contribution in [3.05, 3.63) is 46.5 Å². The minimum Gasteiger partial charge on any atom is -0.328 e. The molecule has 1 aromatic heterocycles. The average molecular weight is 316 g/mol. The van der Waals surface area contributed by atoms with Crippen LogP contribution in [0, 0.1) is 0 Å². The maximum atomic E-state index is 13.0. The third-order valence-corrected chi connectivity index (χ3v) is 4.87. The minimum absolute atomic E-state index is 0.0637. The smallest absolute Gasteiger partial charge is 0.268 e. The van der Waals surface area contributed by atoms with Gasteiger partial charge < -0.3 is 9.80 Å². The Balaban J connectivity index is 1.91. The first-order valence-corrected chi connectivity index (χ1v) is 8.33. The quantitative estimate of drug-likeness (QED) is 0.871. The van der Waals surface area contributed by atoms with Crippen molar-refractivity contribution in [2.24, 2.45) is 0 Å². The molecule has 0 saturated carbocycles. The van der Waals surface area contributed by atoms with Crippen LogP contribution in [0.25, 0.3) is 0 Å². The number of aryl methyl sites for hydroxylation is 1. The zero-order valence-corrected chi connectivity index (χ0v) is 13.7. The lowest BCUT2D eigenvalue weighted by atomic mass is 10.0. The lowest BCUT2D eigenvalue weighted by molar-refractivity contribution is 0.0501. The Kier molecular flexibility index (Phi) is 4.49. The van der Waals surface area contributed by atoms with Gasteiger partial charge in [0.2, 0.25) is 0 Å². The SMILES string of the molecule is CCc1nnsc1C(=O)N1CCN(C)C[C@H]1c1ccccc1. The summed E-state index contributed by atoms with van der Waals surface area (Å²) in [4.78, 5) is 17.9. The van der Waals surface area contributed by atoms with E-state index in [9.17, 15) is 4.79 Å². The van der Waals surface area contributed by atoms with Crippen molar-refractivity contribution in [2.75, 3.05) is 26.7 Å². The number of amides is 1. The normalized spacial score (nSPS) is 19.4. The maximum absolute atomic E-state index is 13.0. The third-order valence-electron chi connectivity index (χ3n) is 4.11. The van der Waals surface area contributed by atoms with Crippen molar-refractivity contribution in [3.63, 3.8) is 0 Å². The van der Waals surface area contributed by atoms with E-state index in [2.05, 4.69) is 33.7 Å². The molecule has 1 saturated heterocycles. The minimum atomic E-state index is 0.0637. The van der Waals surface area contributed by atoms with Crippen LogP contribution in [0.4, 0.5) is 0 Å². The fourth-order valence-corrected chi connectivity index (χ4v) is 3.56. The molecule has 1 atom stereocenters. The Morgan fingerprint density at radius 1 is 1.32 bits per heavy atom. The molecular formula is C16H20N4OS. The molecule has 1 aliphatic heterocycles. The number of carbonyl (C=O) groups excluding carboxylic acids is 1. The Bertz CT molecular complexity index is 643. The summed E-state index contributed by atoms with van der Waals surface area (Å²) >= 11 is 1.21. The highest BCUT2D eigenvalue weighted by Gasteiger charge is 2.32. The van der Waals surface area contributed by atoms with Gasteiger partial charge >= 0.3 is 0 Å². The number of benzene rings is 1. The zero-order valence-electron chi connectivity index (χ0n) is 12.9. The van der Waals surface area contributed by atoms with Crippen LogP contribution in [-0.4, -0.2) is 52.0 Å². The first-order chi connectivity index (χ1) is 10.7. The van der Waals surface area contributed by atoms with Gasteiger partial charge in [-0.2, -0.15) is 0 Å². The molecule has 116 valence electrons. The van der Waals surface area contributed by atoms with Gasteiger partial charge in [0.1, 0.15) is 4.88 Å². The van der Waals surface area contributed by atoms with Crippen LogP contribution in [0.1, 0.15) is 33.9 Å². The number of hydrogen-bond acceptors (Lipinski definition) is 5. The van der Waals surface area contributed by atoms with Crippen molar-refractivity contribution in [1.82, 2.24) is 19.4 Å². The molecule has 1 amide bonds. The number of aromatic nitrogens is 2. The molecule has 2 aromatic rings. The van der Waals surface area contributed by atoms with E-state index in [0.717, 1.165) is 31.7 Å². The van der Waals surface area contributed by atoms with Crippen LogP contribution in [0.5, 0.6) is 0 Å². The molecule has 1 aliphatic rings. The summed E-state index contributed by atoms with van der Waals surface area (Å²) in [7, 11) is 2.10. The second kappa shape index (κ2) is 6.54. The van der Waals surface area contributed by atoms with Gasteiger partial charge in [0.05, 0.1) is 11.7 Å². The van der Waals surface area contributed by atoms with Crippen molar-refractivity contribution >= 4 is 17.4 Å². The van der Waals surface area contributed by atoms with Crippen LogP contribution >= 0.6 is 11.5 Å². The summed E-state index contributed by atoms with van der Waals surface area (Å²) in [6.45, 7) is 4.48. The van der Waals surface area contributed by atoms with E-state index in [1.807, 2.05) is 30.0 Å². The van der Waals surface area contributed by atoms with Gasteiger partial charge in [0.15, 0.2) is 0 Å². The Hall–Kier alpha value is -1.79. The molecule has 0 N–H and O–H groups in total. The van der Waals surface area contributed by atoms with Crippen molar-refractivity contribution in [1.29, 1.82) is 0 Å². The molecule has 0 aliphatic carbocycles. The molecule has 0 spiro atoms. The molecule has 22 heavy (non-hydrogen) atoms.